The smallest absolute Gasteiger partial charge is 0.251 e. The van der Waals surface area contributed by atoms with Gasteiger partial charge in [0.1, 0.15) is 12.4 Å². The molecule has 2 N–H and O–H groups in total. The molecule has 2 aromatic heterocycles. The molecule has 3 heterocycles. The van der Waals surface area contributed by atoms with Crippen molar-refractivity contribution >= 4 is 10.9 Å². The van der Waals surface area contributed by atoms with Gasteiger partial charge in [0, 0.05) is 47.0 Å². The van der Waals surface area contributed by atoms with Crippen molar-refractivity contribution in [2.24, 2.45) is 0 Å². The van der Waals surface area contributed by atoms with Gasteiger partial charge in [-0.2, -0.15) is 0 Å². The second kappa shape index (κ2) is 11.1. The average molecular weight is 477 g/mol. The molecule has 9 heteroatoms. The Bertz CT molecular complexity index is 1090. The first kappa shape index (κ1) is 24.3. The lowest BCUT2D eigenvalue weighted by Crippen LogP contribution is -2.45. The molecule has 0 aliphatic carbocycles. The number of hydrogen-bond donors (Lipinski definition) is 2. The minimum absolute atomic E-state index is 0.0956. The van der Waals surface area contributed by atoms with Crippen molar-refractivity contribution in [1.29, 1.82) is 0 Å². The number of hydrogen-bond acceptors (Lipinski definition) is 5. The third-order valence-electron chi connectivity index (χ3n) is 6.27. The van der Waals surface area contributed by atoms with E-state index in [-0.39, 0.29) is 19.3 Å². The number of aromatic amines is 1. The first-order valence-corrected chi connectivity index (χ1v) is 11.6. The summed E-state index contributed by atoms with van der Waals surface area (Å²) in [6.07, 6.45) is 0.323. The zero-order chi connectivity index (χ0) is 24.1. The van der Waals surface area contributed by atoms with Crippen LogP contribution >= 0.6 is 0 Å². The van der Waals surface area contributed by atoms with E-state index in [0.717, 1.165) is 22.2 Å². The number of para-hydroxylation sites is 1. The van der Waals surface area contributed by atoms with Crippen molar-refractivity contribution in [1.82, 2.24) is 20.2 Å². The lowest BCUT2D eigenvalue weighted by molar-refractivity contribution is 0.0449. The van der Waals surface area contributed by atoms with Crippen molar-refractivity contribution in [2.45, 2.75) is 38.3 Å². The van der Waals surface area contributed by atoms with Gasteiger partial charge in [-0.1, -0.05) is 18.2 Å². The minimum Gasteiger partial charge on any atom is -0.496 e. The van der Waals surface area contributed by atoms with E-state index in [1.807, 2.05) is 30.0 Å². The van der Waals surface area contributed by atoms with Crippen molar-refractivity contribution in [3.63, 3.8) is 0 Å². The molecular formula is C25H31F3N4O2. The molecule has 3 aromatic rings. The summed E-state index contributed by atoms with van der Waals surface area (Å²) in [6, 6.07) is 9.15. The van der Waals surface area contributed by atoms with E-state index in [4.69, 9.17) is 9.47 Å². The van der Waals surface area contributed by atoms with Crippen LogP contribution in [0.2, 0.25) is 0 Å². The van der Waals surface area contributed by atoms with Crippen molar-refractivity contribution < 1.29 is 22.6 Å². The van der Waals surface area contributed by atoms with Crippen LogP contribution in [0.4, 0.5) is 13.2 Å². The van der Waals surface area contributed by atoms with Gasteiger partial charge in [0.15, 0.2) is 0 Å². The second-order valence-corrected chi connectivity index (χ2v) is 8.51. The van der Waals surface area contributed by atoms with Crippen LogP contribution in [0.25, 0.3) is 10.9 Å². The maximum atomic E-state index is 13.6. The molecule has 1 aliphatic rings. The highest BCUT2D eigenvalue weighted by atomic mass is 19.3. The van der Waals surface area contributed by atoms with Crippen LogP contribution in [-0.2, 0) is 6.42 Å². The van der Waals surface area contributed by atoms with E-state index in [2.05, 4.69) is 21.4 Å². The highest BCUT2D eigenvalue weighted by molar-refractivity contribution is 5.85. The van der Waals surface area contributed by atoms with E-state index in [0.29, 0.717) is 49.7 Å². The maximum absolute atomic E-state index is 13.6. The SMILES string of the molecule is COc1cc(OCCNCCCF)ncc1C1c2[nH]c3ccccc3c2CC(C)N1CC(F)F. The van der Waals surface area contributed by atoms with Crippen LogP contribution in [-0.4, -0.2) is 67.4 Å². The van der Waals surface area contributed by atoms with Crippen LogP contribution in [0.5, 0.6) is 11.6 Å². The summed E-state index contributed by atoms with van der Waals surface area (Å²) in [5.74, 6) is 0.910. The van der Waals surface area contributed by atoms with Gasteiger partial charge in [-0.05, 0) is 37.9 Å². The number of methoxy groups -OCH3 is 1. The number of aromatic nitrogens is 2. The van der Waals surface area contributed by atoms with Gasteiger partial charge in [0.05, 0.1) is 26.4 Å². The van der Waals surface area contributed by atoms with Crippen molar-refractivity contribution in [3.05, 3.63) is 53.3 Å². The molecule has 1 aromatic carbocycles. The summed E-state index contributed by atoms with van der Waals surface area (Å²) < 4.78 is 50.8. The third-order valence-corrected chi connectivity index (χ3v) is 6.27. The number of benzene rings is 1. The quantitative estimate of drug-likeness (QED) is 0.399. The number of alkyl halides is 3. The van der Waals surface area contributed by atoms with Gasteiger partial charge in [-0.15, -0.1) is 0 Å². The summed E-state index contributed by atoms with van der Waals surface area (Å²) in [7, 11) is 1.55. The molecule has 0 spiro atoms. The molecule has 2 unspecified atom stereocenters. The molecule has 0 amide bonds. The predicted molar refractivity (Wildman–Crippen MR) is 126 cm³/mol. The number of halogens is 3. The van der Waals surface area contributed by atoms with Crippen molar-refractivity contribution in [3.8, 4) is 11.6 Å². The second-order valence-electron chi connectivity index (χ2n) is 8.51. The first-order chi connectivity index (χ1) is 16.5. The van der Waals surface area contributed by atoms with E-state index in [1.54, 1.807) is 19.4 Å². The lowest BCUT2D eigenvalue weighted by Gasteiger charge is -2.41. The molecular weight excluding hydrogens is 445 g/mol. The largest absolute Gasteiger partial charge is 0.496 e. The Morgan fingerprint density at radius 3 is 2.85 bits per heavy atom. The van der Waals surface area contributed by atoms with Gasteiger partial charge < -0.3 is 19.8 Å². The van der Waals surface area contributed by atoms with E-state index < -0.39 is 12.5 Å². The van der Waals surface area contributed by atoms with Gasteiger partial charge in [-0.25, -0.2) is 13.8 Å². The summed E-state index contributed by atoms with van der Waals surface area (Å²) in [5.41, 5.74) is 3.72. The third kappa shape index (κ3) is 5.15. The summed E-state index contributed by atoms with van der Waals surface area (Å²) in [6.45, 7) is 2.79. The number of rotatable bonds is 11. The first-order valence-electron chi connectivity index (χ1n) is 11.6. The molecule has 0 saturated heterocycles. The number of pyridine rings is 1. The molecule has 0 saturated carbocycles. The Hall–Kier alpha value is -2.78. The monoisotopic (exact) mass is 476 g/mol. The Kier molecular flexibility index (Phi) is 7.95. The number of nitrogens with one attached hydrogen (secondary N) is 2. The number of fused-ring (bicyclic) bond motifs is 3. The normalized spacial score (nSPS) is 18.4. The summed E-state index contributed by atoms with van der Waals surface area (Å²) in [5, 5.41) is 4.20. The van der Waals surface area contributed by atoms with Gasteiger partial charge in [0.2, 0.25) is 5.88 Å². The minimum atomic E-state index is -2.47. The molecule has 2 atom stereocenters. The molecule has 34 heavy (non-hydrogen) atoms. The summed E-state index contributed by atoms with van der Waals surface area (Å²) in [4.78, 5) is 9.74. The van der Waals surface area contributed by atoms with Crippen LogP contribution < -0.4 is 14.8 Å². The Labute approximate surface area is 197 Å². The van der Waals surface area contributed by atoms with Crippen molar-refractivity contribution in [2.75, 3.05) is 40.0 Å². The highest BCUT2D eigenvalue weighted by Gasteiger charge is 2.38. The molecule has 0 fully saturated rings. The average Bonchev–Trinajstić information content (AvgIpc) is 3.19. The molecule has 4 rings (SSSR count). The Morgan fingerprint density at radius 2 is 2.09 bits per heavy atom. The number of nitrogens with zero attached hydrogens (tertiary/aromatic N) is 2. The lowest BCUT2D eigenvalue weighted by atomic mass is 9.89. The molecule has 0 radical (unpaired) electrons. The van der Waals surface area contributed by atoms with Gasteiger partial charge >= 0.3 is 0 Å². The topological polar surface area (TPSA) is 62.4 Å². The van der Waals surface area contributed by atoms with Crippen LogP contribution in [0.15, 0.2) is 36.5 Å². The molecule has 0 bridgehead atoms. The van der Waals surface area contributed by atoms with Gasteiger partial charge in [-0.3, -0.25) is 9.29 Å². The van der Waals surface area contributed by atoms with Crippen LogP contribution in [0.3, 0.4) is 0 Å². The highest BCUT2D eigenvalue weighted by Crippen LogP contribution is 2.43. The van der Waals surface area contributed by atoms with Crippen LogP contribution in [0, 0.1) is 0 Å². The Morgan fingerprint density at radius 1 is 1.26 bits per heavy atom. The fraction of sp³-hybridized carbons (Fsp3) is 0.480. The maximum Gasteiger partial charge on any atom is 0.251 e. The predicted octanol–water partition coefficient (Wildman–Crippen LogP) is 4.50. The van der Waals surface area contributed by atoms with Crippen LogP contribution in [0.1, 0.15) is 36.2 Å². The molecule has 6 nitrogen and oxygen atoms in total. The standard InChI is InChI=1S/C25H31F3N4O2/c1-16-12-18-17-6-3-4-7-20(17)31-24(18)25(32(16)15-22(27)28)19-14-30-23(13-21(19)33-2)34-11-10-29-9-5-8-26/h3-4,6-7,13-14,16,22,25,29,31H,5,8-12,15H2,1-2H3. The van der Waals surface area contributed by atoms with E-state index in [1.165, 1.54) is 0 Å². The molecule has 1 aliphatic heterocycles. The van der Waals surface area contributed by atoms with Gasteiger partial charge in [0.25, 0.3) is 6.43 Å². The summed E-state index contributed by atoms with van der Waals surface area (Å²) >= 11 is 0. The zero-order valence-electron chi connectivity index (χ0n) is 19.5. The molecule has 184 valence electrons. The van der Waals surface area contributed by atoms with E-state index >= 15 is 0 Å². The number of ether oxygens (including phenoxy) is 2. The Balaban J connectivity index is 1.66. The fourth-order valence-electron chi connectivity index (χ4n) is 4.72. The fourth-order valence-corrected chi connectivity index (χ4v) is 4.72. The van der Waals surface area contributed by atoms with E-state index in [9.17, 15) is 13.2 Å². The number of H-pyrrole nitrogens is 1. The zero-order valence-corrected chi connectivity index (χ0v) is 19.5.